The van der Waals surface area contributed by atoms with Crippen molar-refractivity contribution in [1.82, 2.24) is 18.9 Å². The molecule has 49 heavy (non-hydrogen) atoms. The first-order valence-electron chi connectivity index (χ1n) is 17.0. The molecule has 4 heteroatoms. The lowest BCUT2D eigenvalue weighted by molar-refractivity contribution is 0.643. The molecule has 0 atom stereocenters. The van der Waals surface area contributed by atoms with Crippen LogP contribution in [0.25, 0.3) is 98.8 Å². The number of aromatic nitrogens is 4. The van der Waals surface area contributed by atoms with Crippen molar-refractivity contribution < 1.29 is 0 Å². The van der Waals surface area contributed by atoms with Crippen molar-refractivity contribution in [2.45, 2.75) is 19.3 Å². The second-order valence-corrected chi connectivity index (χ2v) is 14.2. The molecule has 0 bridgehead atoms. The molecule has 4 nitrogen and oxygen atoms in total. The highest BCUT2D eigenvalue weighted by molar-refractivity contribution is 6.38. The van der Waals surface area contributed by atoms with Crippen LogP contribution in [0.2, 0.25) is 0 Å². The molecule has 0 unspecified atom stereocenters. The van der Waals surface area contributed by atoms with Gasteiger partial charge < -0.3 is 4.40 Å². The predicted octanol–water partition coefficient (Wildman–Crippen LogP) is 11.3. The zero-order valence-electron chi connectivity index (χ0n) is 27.0. The predicted molar refractivity (Wildman–Crippen MR) is 204 cm³/mol. The molecule has 0 saturated heterocycles. The first-order valence-corrected chi connectivity index (χ1v) is 17.0. The Labute approximate surface area is 280 Å². The maximum absolute atomic E-state index is 5.52. The van der Waals surface area contributed by atoms with E-state index in [0.717, 1.165) is 27.6 Å². The lowest BCUT2D eigenvalue weighted by Crippen LogP contribution is -2.24. The van der Waals surface area contributed by atoms with Crippen molar-refractivity contribution in [3.8, 4) is 17.2 Å². The van der Waals surface area contributed by atoms with Crippen LogP contribution >= 0.6 is 0 Å². The van der Waals surface area contributed by atoms with E-state index in [1.165, 1.54) is 76.3 Å². The maximum Gasteiger partial charge on any atom is 0.235 e. The summed E-state index contributed by atoms with van der Waals surface area (Å²) in [6, 6.07) is 48.7. The van der Waals surface area contributed by atoms with E-state index >= 15 is 0 Å². The molecule has 1 aliphatic carbocycles. The Hall–Kier alpha value is -6.26. The molecule has 4 aromatic heterocycles. The SMILES string of the molecule is CC1(C)c2ccccc2-c2nc(-n3c4ccccc4c4c5c6c7ccccc7ccc6n6c7ccccc7c(cc43)c56)nc3cccc1c23. The second kappa shape index (κ2) is 8.60. The topological polar surface area (TPSA) is 35.1 Å². The molecule has 1 aliphatic rings. The fourth-order valence-corrected chi connectivity index (χ4v) is 9.36. The molecule has 0 aliphatic heterocycles. The van der Waals surface area contributed by atoms with Gasteiger partial charge in [0.15, 0.2) is 0 Å². The molecule has 0 saturated carbocycles. The number of para-hydroxylation sites is 2. The highest BCUT2D eigenvalue weighted by Gasteiger charge is 2.35. The van der Waals surface area contributed by atoms with Crippen molar-refractivity contribution in [3.05, 3.63) is 145 Å². The lowest BCUT2D eigenvalue weighted by Gasteiger charge is -2.34. The minimum Gasteiger partial charge on any atom is -0.308 e. The third-order valence-electron chi connectivity index (χ3n) is 11.4. The summed E-state index contributed by atoms with van der Waals surface area (Å²) in [7, 11) is 0. The van der Waals surface area contributed by atoms with Crippen LogP contribution < -0.4 is 0 Å². The van der Waals surface area contributed by atoms with Crippen molar-refractivity contribution in [2.75, 3.05) is 0 Å². The van der Waals surface area contributed by atoms with Gasteiger partial charge in [0.05, 0.1) is 38.8 Å². The number of nitrogens with zero attached hydrogens (tertiary/aromatic N) is 4. The molecule has 0 N–H and O–H groups in total. The molecule has 0 amide bonds. The zero-order chi connectivity index (χ0) is 32.2. The van der Waals surface area contributed by atoms with Crippen LogP contribution in [0.15, 0.2) is 133 Å². The minimum atomic E-state index is -0.152. The average molecular weight is 625 g/mol. The van der Waals surface area contributed by atoms with E-state index < -0.39 is 0 Å². The molecule has 12 rings (SSSR count). The highest BCUT2D eigenvalue weighted by atomic mass is 15.2. The van der Waals surface area contributed by atoms with Crippen LogP contribution in [0.1, 0.15) is 25.0 Å². The van der Waals surface area contributed by atoms with E-state index in [-0.39, 0.29) is 5.41 Å². The molecule has 11 aromatic rings. The lowest BCUT2D eigenvalue weighted by atomic mass is 9.70. The maximum atomic E-state index is 5.52. The van der Waals surface area contributed by atoms with Crippen molar-refractivity contribution in [1.29, 1.82) is 0 Å². The van der Waals surface area contributed by atoms with Crippen LogP contribution in [0.4, 0.5) is 0 Å². The van der Waals surface area contributed by atoms with E-state index in [0.29, 0.717) is 5.95 Å². The van der Waals surface area contributed by atoms with Gasteiger partial charge in [-0.3, -0.25) is 4.57 Å². The van der Waals surface area contributed by atoms with Crippen LogP contribution in [-0.4, -0.2) is 18.9 Å². The van der Waals surface area contributed by atoms with Crippen LogP contribution in [0.3, 0.4) is 0 Å². The largest absolute Gasteiger partial charge is 0.308 e. The molecule has 0 fully saturated rings. The van der Waals surface area contributed by atoms with Gasteiger partial charge in [-0.1, -0.05) is 117 Å². The first kappa shape index (κ1) is 25.8. The van der Waals surface area contributed by atoms with Crippen molar-refractivity contribution >= 4 is 81.6 Å². The quantitative estimate of drug-likeness (QED) is 0.182. The Morgan fingerprint density at radius 1 is 0.490 bits per heavy atom. The summed E-state index contributed by atoms with van der Waals surface area (Å²) in [6.07, 6.45) is 0. The molecule has 0 spiro atoms. The Morgan fingerprint density at radius 3 is 2.10 bits per heavy atom. The van der Waals surface area contributed by atoms with Crippen LogP contribution in [0, 0.1) is 0 Å². The van der Waals surface area contributed by atoms with E-state index in [9.17, 15) is 0 Å². The van der Waals surface area contributed by atoms with Crippen LogP contribution in [-0.2, 0) is 5.41 Å². The van der Waals surface area contributed by atoms with Gasteiger partial charge in [-0.05, 0) is 52.2 Å². The smallest absolute Gasteiger partial charge is 0.235 e. The molecule has 0 radical (unpaired) electrons. The van der Waals surface area contributed by atoms with Gasteiger partial charge in [-0.15, -0.1) is 0 Å². The fraction of sp³-hybridized carbons (Fsp3) is 0.0667. The summed E-state index contributed by atoms with van der Waals surface area (Å²) < 4.78 is 4.81. The molecule has 4 heterocycles. The summed E-state index contributed by atoms with van der Waals surface area (Å²) in [5.74, 6) is 0.701. The van der Waals surface area contributed by atoms with Gasteiger partial charge in [-0.2, -0.15) is 0 Å². The van der Waals surface area contributed by atoms with Gasteiger partial charge in [0.25, 0.3) is 0 Å². The van der Waals surface area contributed by atoms with Gasteiger partial charge in [0.2, 0.25) is 5.95 Å². The Balaban J connectivity index is 1.33. The summed E-state index contributed by atoms with van der Waals surface area (Å²) in [4.78, 5) is 10.9. The standard InChI is InChI=1S/C45H28N4/c1-45(2)31-17-8-5-15-28(31)42-40-32(45)18-11-19-33(40)46-44(47-42)49-35-21-10-7-16-29(35)39-37(49)24-30-27-14-6-9-20-34(27)48-36-23-22-25-12-3-4-13-26(25)38(36)41(39)43(30)48/h3-24H,1-2H3. The van der Waals surface area contributed by atoms with E-state index in [1.807, 2.05) is 0 Å². The number of hydrogen-bond acceptors (Lipinski definition) is 2. The molecular formula is C45H28N4. The average Bonchev–Trinajstić information content (AvgIpc) is 3.78. The monoisotopic (exact) mass is 624 g/mol. The summed E-state index contributed by atoms with van der Waals surface area (Å²) in [5.41, 5.74) is 11.6. The number of hydrogen-bond donors (Lipinski definition) is 0. The Kier molecular flexibility index (Phi) is 4.53. The zero-order valence-corrected chi connectivity index (χ0v) is 27.0. The molecule has 228 valence electrons. The summed E-state index contributed by atoms with van der Waals surface area (Å²) in [6.45, 7) is 4.63. The number of rotatable bonds is 1. The van der Waals surface area contributed by atoms with Gasteiger partial charge in [0, 0.05) is 48.7 Å². The van der Waals surface area contributed by atoms with E-state index in [2.05, 4.69) is 156 Å². The summed E-state index contributed by atoms with van der Waals surface area (Å²) in [5, 5.41) is 11.2. The van der Waals surface area contributed by atoms with Gasteiger partial charge >= 0.3 is 0 Å². The third kappa shape index (κ3) is 2.98. The molecule has 7 aromatic carbocycles. The van der Waals surface area contributed by atoms with Gasteiger partial charge in [-0.25, -0.2) is 9.97 Å². The van der Waals surface area contributed by atoms with Crippen molar-refractivity contribution in [2.24, 2.45) is 0 Å². The Morgan fingerprint density at radius 2 is 1.20 bits per heavy atom. The van der Waals surface area contributed by atoms with Crippen LogP contribution in [0.5, 0.6) is 0 Å². The van der Waals surface area contributed by atoms with E-state index in [1.54, 1.807) is 0 Å². The second-order valence-electron chi connectivity index (χ2n) is 14.2. The van der Waals surface area contributed by atoms with Gasteiger partial charge in [0.1, 0.15) is 0 Å². The number of fused-ring (bicyclic) bond motifs is 14. The highest BCUT2D eigenvalue weighted by Crippen LogP contribution is 2.50. The van der Waals surface area contributed by atoms with Crippen molar-refractivity contribution in [3.63, 3.8) is 0 Å². The first-order chi connectivity index (χ1) is 24.1. The fourth-order valence-electron chi connectivity index (χ4n) is 9.36. The van der Waals surface area contributed by atoms with E-state index in [4.69, 9.17) is 9.97 Å². The molecular weight excluding hydrogens is 597 g/mol. The minimum absolute atomic E-state index is 0.152. The number of benzene rings is 7. The normalized spacial score (nSPS) is 14.1. The third-order valence-corrected chi connectivity index (χ3v) is 11.4. The Bertz CT molecular complexity index is 3250. The summed E-state index contributed by atoms with van der Waals surface area (Å²) >= 11 is 0.